The standard InChI is InChI=1S/C19H14F3N5O3S/c20-13-3-1-2-12(10-13)19-25-24-17-6-7-18(26-27(17)19)30-9-8-23-31(28,29)16-5-4-14(21)11-15(16)22/h1-7,10-11,23H,8-9H2. The normalized spacial score (nSPS) is 11.7. The lowest BCUT2D eigenvalue weighted by molar-refractivity contribution is 0.306. The number of rotatable bonds is 7. The molecule has 0 fully saturated rings. The van der Waals surface area contributed by atoms with E-state index in [0.29, 0.717) is 23.1 Å². The van der Waals surface area contributed by atoms with Crippen molar-refractivity contribution in [3.05, 3.63) is 72.0 Å². The van der Waals surface area contributed by atoms with Crippen LogP contribution in [0.15, 0.2) is 59.5 Å². The Bertz CT molecular complexity index is 1360. The van der Waals surface area contributed by atoms with Crippen LogP contribution in [0.2, 0.25) is 0 Å². The van der Waals surface area contributed by atoms with Crippen LogP contribution in [0, 0.1) is 17.5 Å². The Labute approximate surface area is 174 Å². The average Bonchev–Trinajstić information content (AvgIpc) is 3.14. The van der Waals surface area contributed by atoms with Gasteiger partial charge in [-0.3, -0.25) is 0 Å². The van der Waals surface area contributed by atoms with E-state index in [-0.39, 0.29) is 19.0 Å². The van der Waals surface area contributed by atoms with Crippen molar-refractivity contribution < 1.29 is 26.3 Å². The first-order chi connectivity index (χ1) is 14.8. The van der Waals surface area contributed by atoms with Gasteiger partial charge in [0.05, 0.1) is 0 Å². The van der Waals surface area contributed by atoms with E-state index >= 15 is 0 Å². The third-order valence-corrected chi connectivity index (χ3v) is 5.64. The largest absolute Gasteiger partial charge is 0.475 e. The fourth-order valence-electron chi connectivity index (χ4n) is 2.76. The van der Waals surface area contributed by atoms with Crippen molar-refractivity contribution >= 4 is 15.7 Å². The molecular formula is C19H14F3N5O3S. The van der Waals surface area contributed by atoms with Crippen LogP contribution in [-0.4, -0.2) is 41.4 Å². The molecule has 0 saturated heterocycles. The summed E-state index contributed by atoms with van der Waals surface area (Å²) < 4.78 is 73.4. The van der Waals surface area contributed by atoms with Gasteiger partial charge in [0.15, 0.2) is 11.5 Å². The Morgan fingerprint density at radius 2 is 1.77 bits per heavy atom. The number of halogens is 3. The summed E-state index contributed by atoms with van der Waals surface area (Å²) in [6, 6.07) is 11.0. The maximum atomic E-state index is 13.7. The number of fused-ring (bicyclic) bond motifs is 1. The van der Waals surface area contributed by atoms with Gasteiger partial charge in [-0.15, -0.1) is 15.3 Å². The molecule has 160 valence electrons. The third kappa shape index (κ3) is 4.49. The monoisotopic (exact) mass is 449 g/mol. The molecule has 0 spiro atoms. The van der Waals surface area contributed by atoms with Gasteiger partial charge < -0.3 is 4.74 Å². The fraction of sp³-hybridized carbons (Fsp3) is 0.105. The van der Waals surface area contributed by atoms with Gasteiger partial charge in [-0.05, 0) is 30.3 Å². The molecule has 0 bridgehead atoms. The molecule has 4 rings (SSSR count). The zero-order valence-corrected chi connectivity index (χ0v) is 16.5. The number of sulfonamides is 1. The molecule has 4 aromatic rings. The molecule has 2 heterocycles. The summed E-state index contributed by atoms with van der Waals surface area (Å²) in [5.74, 6) is -2.08. The fourth-order valence-corrected chi connectivity index (χ4v) is 3.83. The van der Waals surface area contributed by atoms with E-state index in [4.69, 9.17) is 4.74 Å². The van der Waals surface area contributed by atoms with Gasteiger partial charge in [0.1, 0.15) is 29.0 Å². The van der Waals surface area contributed by atoms with E-state index in [9.17, 15) is 21.6 Å². The minimum atomic E-state index is -4.19. The van der Waals surface area contributed by atoms with Crippen LogP contribution in [0.1, 0.15) is 0 Å². The summed E-state index contributed by atoms with van der Waals surface area (Å²) >= 11 is 0. The van der Waals surface area contributed by atoms with Gasteiger partial charge in [-0.25, -0.2) is 26.3 Å². The maximum Gasteiger partial charge on any atom is 0.243 e. The van der Waals surface area contributed by atoms with Crippen molar-refractivity contribution in [2.24, 2.45) is 0 Å². The highest BCUT2D eigenvalue weighted by molar-refractivity contribution is 7.89. The van der Waals surface area contributed by atoms with Crippen molar-refractivity contribution in [3.63, 3.8) is 0 Å². The highest BCUT2D eigenvalue weighted by atomic mass is 32.2. The minimum Gasteiger partial charge on any atom is -0.475 e. The Kier molecular flexibility index (Phi) is 5.57. The van der Waals surface area contributed by atoms with Gasteiger partial charge in [0.25, 0.3) is 0 Å². The zero-order valence-electron chi connectivity index (χ0n) is 15.7. The molecule has 2 aromatic carbocycles. The molecule has 0 aliphatic rings. The van der Waals surface area contributed by atoms with Crippen LogP contribution in [0.25, 0.3) is 17.0 Å². The van der Waals surface area contributed by atoms with Crippen LogP contribution < -0.4 is 9.46 Å². The van der Waals surface area contributed by atoms with Crippen LogP contribution in [0.5, 0.6) is 5.88 Å². The Morgan fingerprint density at radius 3 is 2.55 bits per heavy atom. The number of aromatic nitrogens is 4. The molecule has 0 atom stereocenters. The highest BCUT2D eigenvalue weighted by Gasteiger charge is 2.19. The number of hydrogen-bond donors (Lipinski definition) is 1. The molecular weight excluding hydrogens is 435 g/mol. The van der Waals surface area contributed by atoms with Crippen LogP contribution >= 0.6 is 0 Å². The van der Waals surface area contributed by atoms with Gasteiger partial charge in [0, 0.05) is 24.2 Å². The maximum absolute atomic E-state index is 13.7. The molecule has 31 heavy (non-hydrogen) atoms. The van der Waals surface area contributed by atoms with Crippen LogP contribution in [-0.2, 0) is 10.0 Å². The highest BCUT2D eigenvalue weighted by Crippen LogP contribution is 2.20. The summed E-state index contributed by atoms with van der Waals surface area (Å²) in [4.78, 5) is -0.669. The second-order valence-electron chi connectivity index (χ2n) is 6.30. The second-order valence-corrected chi connectivity index (χ2v) is 8.03. The summed E-state index contributed by atoms with van der Waals surface area (Å²) in [5, 5.41) is 12.2. The average molecular weight is 449 g/mol. The van der Waals surface area contributed by atoms with Gasteiger partial charge in [-0.2, -0.15) is 4.52 Å². The first-order valence-corrected chi connectivity index (χ1v) is 10.4. The number of hydrogen-bond acceptors (Lipinski definition) is 6. The van der Waals surface area contributed by atoms with Gasteiger partial charge >= 0.3 is 0 Å². The zero-order chi connectivity index (χ0) is 22.0. The lowest BCUT2D eigenvalue weighted by Gasteiger charge is -2.09. The van der Waals surface area contributed by atoms with Gasteiger partial charge in [0.2, 0.25) is 15.9 Å². The van der Waals surface area contributed by atoms with E-state index in [1.807, 2.05) is 0 Å². The van der Waals surface area contributed by atoms with E-state index in [1.54, 1.807) is 12.1 Å². The molecule has 8 nitrogen and oxygen atoms in total. The third-order valence-electron chi connectivity index (χ3n) is 4.15. The summed E-state index contributed by atoms with van der Waals surface area (Å²) in [6.07, 6.45) is 0. The molecule has 0 radical (unpaired) electrons. The molecule has 1 N–H and O–H groups in total. The topological polar surface area (TPSA) is 98.5 Å². The van der Waals surface area contributed by atoms with Crippen LogP contribution in [0.3, 0.4) is 0 Å². The molecule has 12 heteroatoms. The number of nitrogens with zero attached hydrogens (tertiary/aromatic N) is 4. The SMILES string of the molecule is O=S(=O)(NCCOc1ccc2nnc(-c3cccc(F)c3)n2n1)c1ccc(F)cc1F. The van der Waals surface area contributed by atoms with Crippen molar-refractivity contribution in [1.29, 1.82) is 0 Å². The predicted octanol–water partition coefficient (Wildman–Crippen LogP) is 2.57. The quantitative estimate of drug-likeness (QED) is 0.436. The van der Waals surface area contributed by atoms with E-state index in [2.05, 4.69) is 20.0 Å². The smallest absolute Gasteiger partial charge is 0.243 e. The number of nitrogens with one attached hydrogen (secondary N) is 1. The summed E-state index contributed by atoms with van der Waals surface area (Å²) in [6.45, 7) is -0.324. The Hall–Kier alpha value is -3.51. The van der Waals surface area contributed by atoms with Crippen molar-refractivity contribution in [3.8, 4) is 17.3 Å². The molecule has 0 aliphatic heterocycles. The Morgan fingerprint density at radius 1 is 0.968 bits per heavy atom. The Balaban J connectivity index is 1.44. The first kappa shape index (κ1) is 20.8. The van der Waals surface area contributed by atoms with Crippen molar-refractivity contribution in [1.82, 2.24) is 24.5 Å². The van der Waals surface area contributed by atoms with E-state index in [1.165, 1.54) is 28.8 Å². The predicted molar refractivity (Wildman–Crippen MR) is 103 cm³/mol. The number of benzene rings is 2. The lowest BCUT2D eigenvalue weighted by Crippen LogP contribution is -2.29. The van der Waals surface area contributed by atoms with Crippen molar-refractivity contribution in [2.75, 3.05) is 13.2 Å². The summed E-state index contributed by atoms with van der Waals surface area (Å²) in [7, 11) is -4.19. The second kappa shape index (κ2) is 8.32. The summed E-state index contributed by atoms with van der Waals surface area (Å²) in [5.41, 5.74) is 0.866. The number of ether oxygens (including phenoxy) is 1. The minimum absolute atomic E-state index is 0.127. The van der Waals surface area contributed by atoms with E-state index in [0.717, 1.165) is 12.1 Å². The first-order valence-electron chi connectivity index (χ1n) is 8.89. The molecule has 0 amide bonds. The van der Waals surface area contributed by atoms with E-state index < -0.39 is 32.4 Å². The molecule has 0 aliphatic carbocycles. The molecule has 0 saturated carbocycles. The van der Waals surface area contributed by atoms with Crippen molar-refractivity contribution in [2.45, 2.75) is 4.90 Å². The molecule has 0 unspecified atom stereocenters. The van der Waals surface area contributed by atoms with Gasteiger partial charge in [-0.1, -0.05) is 12.1 Å². The molecule has 2 aromatic heterocycles. The lowest BCUT2D eigenvalue weighted by atomic mass is 10.2. The van der Waals surface area contributed by atoms with Crippen LogP contribution in [0.4, 0.5) is 13.2 Å².